The Hall–Kier alpha value is -0.390. The van der Waals surface area contributed by atoms with Crippen molar-refractivity contribution in [2.24, 2.45) is 0 Å². The summed E-state index contributed by atoms with van der Waals surface area (Å²) in [6.45, 7) is 0. The first kappa shape index (κ1) is 14.0. The van der Waals surface area contributed by atoms with Gasteiger partial charge in [-0.05, 0) is 44.5 Å². The van der Waals surface area contributed by atoms with Crippen LogP contribution in [0.3, 0.4) is 0 Å². The van der Waals surface area contributed by atoms with Crippen LogP contribution in [0.4, 0.5) is 0 Å². The third kappa shape index (κ3) is 2.95. The fraction of sp³-hybridized carbons (Fsp3) is 0.538. The Kier molecular flexibility index (Phi) is 4.45. The zero-order chi connectivity index (χ0) is 13.2. The van der Waals surface area contributed by atoms with E-state index in [2.05, 4.69) is 21.2 Å². The molecule has 2 rings (SSSR count). The van der Waals surface area contributed by atoms with Gasteiger partial charge in [-0.3, -0.25) is 0 Å². The lowest BCUT2D eigenvalue weighted by Gasteiger charge is -2.28. The van der Waals surface area contributed by atoms with Crippen LogP contribution in [0.25, 0.3) is 0 Å². The Bertz CT molecular complexity index is 515. The third-order valence-corrected chi connectivity index (χ3v) is 6.31. The van der Waals surface area contributed by atoms with Gasteiger partial charge in [0.2, 0.25) is 0 Å². The van der Waals surface area contributed by atoms with E-state index in [9.17, 15) is 8.42 Å². The summed E-state index contributed by atoms with van der Waals surface area (Å²) in [7, 11) is -1.30. The molecule has 0 heterocycles. The SMILES string of the molecule is CNC1CCCC(S(=O)(=O)c2cccc(Br)c2)C1. The molecule has 0 amide bonds. The molecule has 2 unspecified atom stereocenters. The zero-order valence-electron chi connectivity index (χ0n) is 10.4. The van der Waals surface area contributed by atoms with Gasteiger partial charge < -0.3 is 5.32 Å². The molecule has 0 aromatic heterocycles. The van der Waals surface area contributed by atoms with Gasteiger partial charge in [-0.15, -0.1) is 0 Å². The predicted octanol–water partition coefficient (Wildman–Crippen LogP) is 2.75. The summed E-state index contributed by atoms with van der Waals surface area (Å²) >= 11 is 3.33. The van der Waals surface area contributed by atoms with Gasteiger partial charge in [0.05, 0.1) is 10.1 Å². The maximum absolute atomic E-state index is 12.6. The van der Waals surface area contributed by atoms with Crippen LogP contribution in [-0.4, -0.2) is 26.8 Å². The molecular weight excluding hydrogens is 314 g/mol. The average molecular weight is 332 g/mol. The zero-order valence-corrected chi connectivity index (χ0v) is 12.8. The lowest BCUT2D eigenvalue weighted by atomic mass is 9.95. The van der Waals surface area contributed by atoms with E-state index in [0.717, 1.165) is 23.7 Å². The number of rotatable bonds is 3. The first-order valence-corrected chi connectivity index (χ1v) is 8.54. The highest BCUT2D eigenvalue weighted by molar-refractivity contribution is 9.10. The Balaban J connectivity index is 2.25. The van der Waals surface area contributed by atoms with Crippen molar-refractivity contribution in [2.75, 3.05) is 7.05 Å². The highest BCUT2D eigenvalue weighted by Gasteiger charge is 2.32. The third-order valence-electron chi connectivity index (χ3n) is 3.60. The molecule has 1 aromatic rings. The van der Waals surface area contributed by atoms with Crippen LogP contribution in [-0.2, 0) is 9.84 Å². The highest BCUT2D eigenvalue weighted by Crippen LogP contribution is 2.29. The standard InChI is InChI=1S/C13H18BrNO2S/c1-15-11-5-3-7-13(9-11)18(16,17)12-6-2-4-10(14)8-12/h2,4,6,8,11,13,15H,3,5,7,9H2,1H3. The van der Waals surface area contributed by atoms with Crippen LogP contribution in [0.5, 0.6) is 0 Å². The molecule has 100 valence electrons. The van der Waals surface area contributed by atoms with Crippen molar-refractivity contribution < 1.29 is 8.42 Å². The van der Waals surface area contributed by atoms with Crippen molar-refractivity contribution >= 4 is 25.8 Å². The summed E-state index contributed by atoms with van der Waals surface area (Å²) in [5.41, 5.74) is 0. The predicted molar refractivity (Wildman–Crippen MR) is 76.4 cm³/mol. The molecule has 0 saturated heterocycles. The molecular formula is C13H18BrNO2S. The fourth-order valence-corrected chi connectivity index (χ4v) is 4.98. The largest absolute Gasteiger partial charge is 0.317 e. The smallest absolute Gasteiger partial charge is 0.181 e. The minimum Gasteiger partial charge on any atom is -0.317 e. The molecule has 0 radical (unpaired) electrons. The van der Waals surface area contributed by atoms with E-state index in [1.54, 1.807) is 18.2 Å². The number of halogens is 1. The van der Waals surface area contributed by atoms with E-state index in [4.69, 9.17) is 0 Å². The summed E-state index contributed by atoms with van der Waals surface area (Å²) in [5.74, 6) is 0. The monoisotopic (exact) mass is 331 g/mol. The average Bonchev–Trinajstić information content (AvgIpc) is 2.39. The van der Waals surface area contributed by atoms with Crippen molar-refractivity contribution in [1.29, 1.82) is 0 Å². The molecule has 1 N–H and O–H groups in total. The first-order chi connectivity index (χ1) is 8.54. The summed E-state index contributed by atoms with van der Waals surface area (Å²) in [6.07, 6.45) is 3.53. The molecule has 1 aliphatic rings. The van der Waals surface area contributed by atoms with Gasteiger partial charge in [0, 0.05) is 10.5 Å². The summed E-state index contributed by atoms with van der Waals surface area (Å²) in [6, 6.07) is 7.32. The van der Waals surface area contributed by atoms with E-state index in [-0.39, 0.29) is 5.25 Å². The quantitative estimate of drug-likeness (QED) is 0.926. The molecule has 1 aliphatic carbocycles. The molecule has 0 aliphatic heterocycles. The molecule has 3 nitrogen and oxygen atoms in total. The van der Waals surface area contributed by atoms with Crippen molar-refractivity contribution in [3.8, 4) is 0 Å². The van der Waals surface area contributed by atoms with Crippen LogP contribution in [0.15, 0.2) is 33.6 Å². The molecule has 1 saturated carbocycles. The van der Waals surface area contributed by atoms with Crippen LogP contribution < -0.4 is 5.32 Å². The summed E-state index contributed by atoms with van der Waals surface area (Å²) in [5, 5.41) is 2.94. The first-order valence-electron chi connectivity index (χ1n) is 6.21. The molecule has 0 bridgehead atoms. The van der Waals surface area contributed by atoms with E-state index < -0.39 is 9.84 Å². The van der Waals surface area contributed by atoms with Gasteiger partial charge in [0.25, 0.3) is 0 Å². The van der Waals surface area contributed by atoms with Gasteiger partial charge in [-0.1, -0.05) is 28.4 Å². The van der Waals surface area contributed by atoms with Crippen LogP contribution in [0, 0.1) is 0 Å². The Morgan fingerprint density at radius 2 is 2.11 bits per heavy atom. The summed E-state index contributed by atoms with van der Waals surface area (Å²) < 4.78 is 25.9. The normalized spacial score (nSPS) is 25.0. The second-order valence-corrected chi connectivity index (χ2v) is 7.92. The van der Waals surface area contributed by atoms with Gasteiger partial charge >= 0.3 is 0 Å². The number of nitrogens with one attached hydrogen (secondary N) is 1. The van der Waals surface area contributed by atoms with Gasteiger partial charge in [0.15, 0.2) is 9.84 Å². The molecule has 18 heavy (non-hydrogen) atoms. The molecule has 5 heteroatoms. The second-order valence-electron chi connectivity index (χ2n) is 4.78. The Morgan fingerprint density at radius 1 is 1.33 bits per heavy atom. The van der Waals surface area contributed by atoms with Crippen LogP contribution in [0.2, 0.25) is 0 Å². The lowest BCUT2D eigenvalue weighted by molar-refractivity contribution is 0.390. The Labute approximate surface area is 117 Å². The van der Waals surface area contributed by atoms with Crippen LogP contribution >= 0.6 is 15.9 Å². The van der Waals surface area contributed by atoms with E-state index >= 15 is 0 Å². The van der Waals surface area contributed by atoms with Gasteiger partial charge in [0.1, 0.15) is 0 Å². The number of sulfone groups is 1. The van der Waals surface area contributed by atoms with E-state index in [0.29, 0.717) is 17.4 Å². The van der Waals surface area contributed by atoms with Crippen molar-refractivity contribution in [3.05, 3.63) is 28.7 Å². The van der Waals surface area contributed by atoms with E-state index in [1.165, 1.54) is 0 Å². The topological polar surface area (TPSA) is 46.2 Å². The van der Waals surface area contributed by atoms with Gasteiger partial charge in [-0.25, -0.2) is 8.42 Å². The van der Waals surface area contributed by atoms with Crippen molar-refractivity contribution in [2.45, 2.75) is 41.9 Å². The molecule has 0 spiro atoms. The number of benzene rings is 1. The van der Waals surface area contributed by atoms with E-state index in [1.807, 2.05) is 13.1 Å². The van der Waals surface area contributed by atoms with Crippen molar-refractivity contribution in [3.63, 3.8) is 0 Å². The maximum Gasteiger partial charge on any atom is 0.181 e. The number of hydrogen-bond acceptors (Lipinski definition) is 3. The molecule has 2 atom stereocenters. The van der Waals surface area contributed by atoms with Crippen molar-refractivity contribution in [1.82, 2.24) is 5.32 Å². The second kappa shape index (κ2) is 5.72. The molecule has 1 fully saturated rings. The molecule has 1 aromatic carbocycles. The minimum atomic E-state index is -3.20. The highest BCUT2D eigenvalue weighted by atomic mass is 79.9. The lowest BCUT2D eigenvalue weighted by Crippen LogP contribution is -2.37. The fourth-order valence-electron chi connectivity index (χ4n) is 2.53. The summed E-state index contributed by atoms with van der Waals surface area (Å²) in [4.78, 5) is 0.429. The van der Waals surface area contributed by atoms with Crippen LogP contribution in [0.1, 0.15) is 25.7 Å². The minimum absolute atomic E-state index is 0.252. The number of hydrogen-bond donors (Lipinski definition) is 1. The maximum atomic E-state index is 12.6. The van der Waals surface area contributed by atoms with Gasteiger partial charge in [-0.2, -0.15) is 0 Å². The Morgan fingerprint density at radius 3 is 2.78 bits per heavy atom.